The first-order valence-corrected chi connectivity index (χ1v) is 10.2. The molecule has 0 bridgehead atoms. The molecular weight excluding hydrogens is 352 g/mol. The van der Waals surface area contributed by atoms with Gasteiger partial charge in [-0.25, -0.2) is 4.68 Å². The van der Waals surface area contributed by atoms with Crippen LogP contribution in [0.2, 0.25) is 0 Å². The molecule has 0 spiro atoms. The summed E-state index contributed by atoms with van der Waals surface area (Å²) in [6.07, 6.45) is 5.27. The van der Waals surface area contributed by atoms with Crippen LogP contribution in [0, 0.1) is 25.7 Å². The van der Waals surface area contributed by atoms with E-state index in [9.17, 15) is 9.90 Å². The Morgan fingerprint density at radius 3 is 2.68 bits per heavy atom. The highest BCUT2D eigenvalue weighted by Gasteiger charge is 2.41. The van der Waals surface area contributed by atoms with Crippen LogP contribution in [0.4, 0.5) is 0 Å². The Hall–Kier alpha value is -2.18. The summed E-state index contributed by atoms with van der Waals surface area (Å²) in [7, 11) is 0. The first-order valence-electron chi connectivity index (χ1n) is 10.2. The quantitative estimate of drug-likeness (QED) is 0.851. The van der Waals surface area contributed by atoms with Crippen molar-refractivity contribution in [3.05, 3.63) is 47.3 Å². The number of rotatable bonds is 4. The zero-order chi connectivity index (χ0) is 19.8. The average Bonchev–Trinajstić information content (AvgIpc) is 3.24. The van der Waals surface area contributed by atoms with Gasteiger partial charge < -0.3 is 10.4 Å². The number of hydrogen-bond donors (Lipinski definition) is 2. The number of nitrogens with zero attached hydrogens (tertiary/aromatic N) is 3. The number of aliphatic hydroxyl groups is 1. The lowest BCUT2D eigenvalue weighted by Crippen LogP contribution is -2.48. The summed E-state index contributed by atoms with van der Waals surface area (Å²) in [4.78, 5) is 13.8. The highest BCUT2D eigenvalue weighted by Crippen LogP contribution is 2.37. The van der Waals surface area contributed by atoms with Crippen molar-refractivity contribution < 1.29 is 9.90 Å². The van der Waals surface area contributed by atoms with E-state index < -0.39 is 6.10 Å². The highest BCUT2D eigenvalue weighted by atomic mass is 16.3. The Morgan fingerprint density at radius 1 is 1.21 bits per heavy atom. The fraction of sp³-hybridized carbons (Fsp3) is 0.545. The number of aliphatic hydroxyl groups excluding tert-OH is 1. The van der Waals surface area contributed by atoms with E-state index in [1.165, 1.54) is 23.6 Å². The predicted molar refractivity (Wildman–Crippen MR) is 108 cm³/mol. The van der Waals surface area contributed by atoms with E-state index in [2.05, 4.69) is 53.6 Å². The SMILES string of the molecule is CC(=O)N[C@@H]1C[C@@H]2CN(Cc3cnn(-c4ccc(C)c(C)c4)c3)C[C@@H]2C[C@H]1O. The molecule has 6 nitrogen and oxygen atoms in total. The van der Waals surface area contributed by atoms with E-state index in [4.69, 9.17) is 0 Å². The van der Waals surface area contributed by atoms with E-state index in [0.717, 1.165) is 38.2 Å². The van der Waals surface area contributed by atoms with Crippen molar-refractivity contribution in [2.24, 2.45) is 11.8 Å². The van der Waals surface area contributed by atoms with E-state index in [0.29, 0.717) is 11.8 Å². The molecule has 0 unspecified atom stereocenters. The zero-order valence-corrected chi connectivity index (χ0v) is 16.9. The van der Waals surface area contributed by atoms with Crippen LogP contribution >= 0.6 is 0 Å². The summed E-state index contributed by atoms with van der Waals surface area (Å²) >= 11 is 0. The summed E-state index contributed by atoms with van der Waals surface area (Å²) in [5.74, 6) is 0.987. The first-order chi connectivity index (χ1) is 13.4. The molecular formula is C22H30N4O2. The summed E-state index contributed by atoms with van der Waals surface area (Å²) in [6.45, 7) is 8.66. The van der Waals surface area contributed by atoms with Gasteiger partial charge >= 0.3 is 0 Å². The summed E-state index contributed by atoms with van der Waals surface area (Å²) in [6, 6.07) is 6.30. The molecule has 1 aliphatic heterocycles. The molecule has 2 N–H and O–H groups in total. The monoisotopic (exact) mass is 382 g/mol. The molecule has 0 radical (unpaired) electrons. The fourth-order valence-electron chi connectivity index (χ4n) is 4.78. The maximum absolute atomic E-state index is 11.4. The summed E-state index contributed by atoms with van der Waals surface area (Å²) < 4.78 is 1.95. The van der Waals surface area contributed by atoms with E-state index in [-0.39, 0.29) is 11.9 Å². The molecule has 28 heavy (non-hydrogen) atoms. The Morgan fingerprint density at radius 2 is 1.96 bits per heavy atom. The lowest BCUT2D eigenvalue weighted by molar-refractivity contribution is -0.121. The van der Waals surface area contributed by atoms with Crippen LogP contribution in [-0.4, -0.2) is 50.9 Å². The van der Waals surface area contributed by atoms with Crippen molar-refractivity contribution >= 4 is 5.91 Å². The molecule has 4 rings (SSSR count). The second-order valence-corrected chi connectivity index (χ2v) is 8.62. The molecule has 2 aliphatic rings. The Kier molecular flexibility index (Phi) is 5.25. The average molecular weight is 383 g/mol. The summed E-state index contributed by atoms with van der Waals surface area (Å²) in [5.41, 5.74) is 4.85. The topological polar surface area (TPSA) is 70.4 Å². The van der Waals surface area contributed by atoms with Crippen molar-refractivity contribution in [2.45, 2.75) is 52.3 Å². The molecule has 1 amide bonds. The first kappa shape index (κ1) is 19.2. The smallest absolute Gasteiger partial charge is 0.217 e. The second kappa shape index (κ2) is 7.68. The molecule has 2 heterocycles. The van der Waals surface area contributed by atoms with Gasteiger partial charge in [-0.2, -0.15) is 5.10 Å². The maximum atomic E-state index is 11.4. The molecule has 1 aromatic heterocycles. The van der Waals surface area contributed by atoms with Crippen molar-refractivity contribution in [1.82, 2.24) is 20.0 Å². The van der Waals surface area contributed by atoms with Gasteiger partial charge in [0, 0.05) is 38.3 Å². The standard InChI is InChI=1S/C22H30N4O2/c1-14-4-5-20(6-15(14)2)26-11-17(9-23-26)10-25-12-18-7-21(24-16(3)27)22(28)8-19(18)13-25/h4-6,9,11,18-19,21-22,28H,7-8,10,12-13H2,1-3H3,(H,24,27)/t18-,19+,21-,22-/m1/s1. The van der Waals surface area contributed by atoms with Crippen LogP contribution < -0.4 is 5.32 Å². The molecule has 150 valence electrons. The third-order valence-electron chi connectivity index (χ3n) is 6.40. The van der Waals surface area contributed by atoms with Crippen LogP contribution in [0.25, 0.3) is 5.69 Å². The molecule has 4 atom stereocenters. The van der Waals surface area contributed by atoms with Gasteiger partial charge in [-0.3, -0.25) is 9.69 Å². The number of aryl methyl sites for hydroxylation is 2. The largest absolute Gasteiger partial charge is 0.391 e. The van der Waals surface area contributed by atoms with E-state index in [1.807, 2.05) is 10.9 Å². The van der Waals surface area contributed by atoms with Crippen molar-refractivity contribution in [1.29, 1.82) is 0 Å². The van der Waals surface area contributed by atoms with Crippen molar-refractivity contribution in [2.75, 3.05) is 13.1 Å². The Balaban J connectivity index is 1.39. The number of amides is 1. The van der Waals surface area contributed by atoms with Crippen molar-refractivity contribution in [3.63, 3.8) is 0 Å². The highest BCUT2D eigenvalue weighted by molar-refractivity contribution is 5.73. The maximum Gasteiger partial charge on any atom is 0.217 e. The van der Waals surface area contributed by atoms with Gasteiger partial charge in [0.25, 0.3) is 0 Å². The molecule has 1 aromatic carbocycles. The Bertz CT molecular complexity index is 862. The van der Waals surface area contributed by atoms with Gasteiger partial charge in [0.2, 0.25) is 5.91 Å². The molecule has 1 aliphatic carbocycles. The number of carbonyl (C=O) groups is 1. The van der Waals surface area contributed by atoms with Gasteiger partial charge in [-0.1, -0.05) is 6.07 Å². The number of nitrogens with one attached hydrogen (secondary N) is 1. The number of fused-ring (bicyclic) bond motifs is 1. The van der Waals surface area contributed by atoms with Gasteiger partial charge in [0.05, 0.1) is 24.0 Å². The molecule has 1 saturated carbocycles. The minimum atomic E-state index is -0.433. The van der Waals surface area contributed by atoms with Gasteiger partial charge in [-0.15, -0.1) is 0 Å². The van der Waals surface area contributed by atoms with Crippen molar-refractivity contribution in [3.8, 4) is 5.69 Å². The molecule has 1 saturated heterocycles. The third-order valence-corrected chi connectivity index (χ3v) is 6.40. The van der Waals surface area contributed by atoms with Gasteiger partial charge in [0.15, 0.2) is 0 Å². The zero-order valence-electron chi connectivity index (χ0n) is 16.9. The van der Waals surface area contributed by atoms with Gasteiger partial charge in [-0.05, 0) is 61.8 Å². The predicted octanol–water partition coefficient (Wildman–Crippen LogP) is 2.20. The number of benzene rings is 1. The number of carbonyl (C=O) groups excluding carboxylic acids is 1. The third kappa shape index (κ3) is 3.98. The summed E-state index contributed by atoms with van der Waals surface area (Å²) in [5, 5.41) is 17.8. The van der Waals surface area contributed by atoms with Crippen LogP contribution in [0.3, 0.4) is 0 Å². The lowest BCUT2D eigenvalue weighted by Gasteiger charge is -2.35. The minimum Gasteiger partial charge on any atom is -0.391 e. The van der Waals surface area contributed by atoms with Gasteiger partial charge in [0.1, 0.15) is 0 Å². The van der Waals surface area contributed by atoms with Crippen LogP contribution in [-0.2, 0) is 11.3 Å². The molecule has 2 aromatic rings. The van der Waals surface area contributed by atoms with Crippen LogP contribution in [0.15, 0.2) is 30.6 Å². The fourth-order valence-corrected chi connectivity index (χ4v) is 4.78. The van der Waals surface area contributed by atoms with E-state index >= 15 is 0 Å². The lowest BCUT2D eigenvalue weighted by atomic mass is 9.77. The normalized spacial score (nSPS) is 27.6. The number of hydrogen-bond acceptors (Lipinski definition) is 4. The number of likely N-dealkylation sites (tertiary alicyclic amines) is 1. The van der Waals surface area contributed by atoms with Crippen LogP contribution in [0.5, 0.6) is 0 Å². The Labute approximate surface area is 166 Å². The molecule has 2 fully saturated rings. The molecule has 6 heteroatoms. The number of aromatic nitrogens is 2. The minimum absolute atomic E-state index is 0.0592. The van der Waals surface area contributed by atoms with Crippen LogP contribution in [0.1, 0.15) is 36.5 Å². The van der Waals surface area contributed by atoms with E-state index in [1.54, 1.807) is 0 Å². The second-order valence-electron chi connectivity index (χ2n) is 8.62.